The van der Waals surface area contributed by atoms with Crippen molar-refractivity contribution in [1.82, 2.24) is 0 Å². The lowest BCUT2D eigenvalue weighted by Gasteiger charge is -2.49. The zero-order valence-electron chi connectivity index (χ0n) is 10.4. The molecule has 1 saturated heterocycles. The molecule has 2 N–H and O–H groups in total. The predicted molar refractivity (Wildman–Crippen MR) is 69.2 cm³/mol. The minimum absolute atomic E-state index is 0.413. The van der Waals surface area contributed by atoms with E-state index in [1.807, 2.05) is 0 Å². The smallest absolute Gasteiger partial charge is 0.312 e. The second-order valence-electron chi connectivity index (χ2n) is 5.78. The summed E-state index contributed by atoms with van der Waals surface area (Å²) < 4.78 is 0. The van der Waals surface area contributed by atoms with Crippen molar-refractivity contribution in [2.45, 2.75) is 51.0 Å². The number of thioether (sulfide) groups is 1. The van der Waals surface area contributed by atoms with E-state index in [0.29, 0.717) is 30.9 Å². The largest absolute Gasteiger partial charge is 0.481 e. The summed E-state index contributed by atoms with van der Waals surface area (Å²) in [6.07, 6.45) is 4.89. The van der Waals surface area contributed by atoms with E-state index in [0.717, 1.165) is 25.0 Å². The van der Waals surface area contributed by atoms with Crippen LogP contribution < -0.4 is 0 Å². The van der Waals surface area contributed by atoms with Crippen molar-refractivity contribution in [3.8, 4) is 0 Å². The molecule has 2 rings (SSSR count). The normalized spacial score (nSPS) is 43.3. The van der Waals surface area contributed by atoms with Crippen LogP contribution in [-0.2, 0) is 4.79 Å². The molecule has 1 heterocycles. The van der Waals surface area contributed by atoms with Crippen molar-refractivity contribution < 1.29 is 15.0 Å². The Labute approximate surface area is 107 Å². The Kier molecular flexibility index (Phi) is 3.74. The van der Waals surface area contributed by atoms with Crippen LogP contribution in [0.5, 0.6) is 0 Å². The van der Waals surface area contributed by atoms with Crippen LogP contribution in [0.15, 0.2) is 0 Å². The van der Waals surface area contributed by atoms with Gasteiger partial charge in [0.25, 0.3) is 0 Å². The van der Waals surface area contributed by atoms with E-state index < -0.39 is 17.0 Å². The molecule has 2 fully saturated rings. The van der Waals surface area contributed by atoms with Gasteiger partial charge in [-0.05, 0) is 37.4 Å². The first-order valence-corrected chi connectivity index (χ1v) is 7.69. The molecule has 0 aromatic carbocycles. The molecule has 1 aliphatic carbocycles. The number of carbonyl (C=O) groups is 1. The second kappa shape index (κ2) is 4.81. The fourth-order valence-corrected chi connectivity index (χ4v) is 4.78. The molecule has 0 amide bonds. The number of hydrogen-bond acceptors (Lipinski definition) is 3. The number of carboxylic acids is 1. The van der Waals surface area contributed by atoms with E-state index in [1.54, 1.807) is 11.8 Å². The van der Waals surface area contributed by atoms with E-state index in [4.69, 9.17) is 0 Å². The minimum atomic E-state index is -0.990. The summed E-state index contributed by atoms with van der Waals surface area (Å²) in [5, 5.41) is 20.5. The van der Waals surface area contributed by atoms with Gasteiger partial charge in [0.1, 0.15) is 0 Å². The van der Waals surface area contributed by atoms with Crippen LogP contribution in [0.3, 0.4) is 0 Å². The fraction of sp³-hybridized carbons (Fsp3) is 0.923. The van der Waals surface area contributed by atoms with Gasteiger partial charge in [0.2, 0.25) is 0 Å². The second-order valence-corrected chi connectivity index (χ2v) is 6.88. The van der Waals surface area contributed by atoms with Crippen LogP contribution >= 0.6 is 11.8 Å². The number of carboxylic acid groups (broad SMARTS) is 1. The summed E-state index contributed by atoms with van der Waals surface area (Å²) in [6.45, 7) is 2.11. The van der Waals surface area contributed by atoms with Gasteiger partial charge in [-0.3, -0.25) is 4.79 Å². The van der Waals surface area contributed by atoms with Gasteiger partial charge < -0.3 is 10.2 Å². The lowest BCUT2D eigenvalue weighted by atomic mass is 9.60. The van der Waals surface area contributed by atoms with Crippen LogP contribution in [0, 0.1) is 11.3 Å². The van der Waals surface area contributed by atoms with E-state index in [1.165, 1.54) is 0 Å². The molecular weight excluding hydrogens is 236 g/mol. The summed E-state index contributed by atoms with van der Waals surface area (Å²) in [4.78, 5) is 11.8. The molecule has 17 heavy (non-hydrogen) atoms. The lowest BCUT2D eigenvalue weighted by Crippen LogP contribution is -2.58. The maximum absolute atomic E-state index is 11.8. The summed E-state index contributed by atoms with van der Waals surface area (Å²) in [7, 11) is 0. The molecule has 0 spiro atoms. The Balaban J connectivity index is 2.29. The number of aliphatic hydroxyl groups is 1. The molecule has 0 aromatic rings. The Bertz CT molecular complexity index is 299. The molecule has 2 aliphatic rings. The Morgan fingerprint density at radius 1 is 1.35 bits per heavy atom. The first-order chi connectivity index (χ1) is 8.00. The zero-order chi connectivity index (χ0) is 12.5. The first-order valence-electron chi connectivity index (χ1n) is 6.54. The molecule has 0 radical (unpaired) electrons. The SMILES string of the molecule is CC1CCCC(C(=O)O)(C2(O)CCCSC2)C1. The van der Waals surface area contributed by atoms with Gasteiger partial charge in [-0.15, -0.1) is 0 Å². The van der Waals surface area contributed by atoms with Crippen molar-refractivity contribution in [3.05, 3.63) is 0 Å². The Hall–Kier alpha value is -0.220. The van der Waals surface area contributed by atoms with Crippen LogP contribution in [0.4, 0.5) is 0 Å². The van der Waals surface area contributed by atoms with Crippen LogP contribution in [-0.4, -0.2) is 33.3 Å². The molecule has 3 unspecified atom stereocenters. The zero-order valence-corrected chi connectivity index (χ0v) is 11.3. The molecule has 3 atom stereocenters. The molecule has 1 saturated carbocycles. The third kappa shape index (κ3) is 2.22. The van der Waals surface area contributed by atoms with Crippen molar-refractivity contribution in [3.63, 3.8) is 0 Å². The van der Waals surface area contributed by atoms with Gasteiger partial charge in [-0.25, -0.2) is 0 Å². The van der Waals surface area contributed by atoms with Gasteiger partial charge in [0.15, 0.2) is 0 Å². The monoisotopic (exact) mass is 258 g/mol. The Morgan fingerprint density at radius 2 is 2.12 bits per heavy atom. The average molecular weight is 258 g/mol. The predicted octanol–water partition coefficient (Wildman–Crippen LogP) is 2.53. The average Bonchev–Trinajstić information content (AvgIpc) is 2.29. The highest BCUT2D eigenvalue weighted by atomic mass is 32.2. The van der Waals surface area contributed by atoms with Gasteiger partial charge in [-0.1, -0.05) is 19.8 Å². The maximum atomic E-state index is 11.8. The molecule has 4 heteroatoms. The molecule has 1 aliphatic heterocycles. The van der Waals surface area contributed by atoms with Crippen molar-refractivity contribution >= 4 is 17.7 Å². The van der Waals surface area contributed by atoms with E-state index in [2.05, 4.69) is 6.92 Å². The standard InChI is InChI=1S/C13H22O3S/c1-10-4-2-5-12(8-10,11(14)15)13(16)6-3-7-17-9-13/h10,16H,2-9H2,1H3,(H,14,15). The highest BCUT2D eigenvalue weighted by Gasteiger charge is 2.57. The van der Waals surface area contributed by atoms with Crippen molar-refractivity contribution in [2.75, 3.05) is 11.5 Å². The van der Waals surface area contributed by atoms with Crippen LogP contribution in [0.25, 0.3) is 0 Å². The van der Waals surface area contributed by atoms with E-state index in [9.17, 15) is 15.0 Å². The third-order valence-electron chi connectivity index (χ3n) is 4.52. The highest BCUT2D eigenvalue weighted by molar-refractivity contribution is 7.99. The summed E-state index contributed by atoms with van der Waals surface area (Å²) in [5.41, 5.74) is -1.88. The summed E-state index contributed by atoms with van der Waals surface area (Å²) >= 11 is 1.70. The molecule has 3 nitrogen and oxygen atoms in total. The summed E-state index contributed by atoms with van der Waals surface area (Å²) in [6, 6.07) is 0. The van der Waals surface area contributed by atoms with E-state index in [-0.39, 0.29) is 0 Å². The van der Waals surface area contributed by atoms with Crippen LogP contribution in [0.2, 0.25) is 0 Å². The maximum Gasteiger partial charge on any atom is 0.312 e. The number of rotatable bonds is 2. The highest BCUT2D eigenvalue weighted by Crippen LogP contribution is 2.51. The minimum Gasteiger partial charge on any atom is -0.481 e. The van der Waals surface area contributed by atoms with Crippen molar-refractivity contribution in [1.29, 1.82) is 0 Å². The van der Waals surface area contributed by atoms with Crippen LogP contribution in [0.1, 0.15) is 45.4 Å². The lowest BCUT2D eigenvalue weighted by molar-refractivity contribution is -0.175. The number of hydrogen-bond donors (Lipinski definition) is 2. The molecule has 98 valence electrons. The Morgan fingerprint density at radius 3 is 2.65 bits per heavy atom. The molecular formula is C13H22O3S. The van der Waals surface area contributed by atoms with Gasteiger partial charge in [0.05, 0.1) is 11.0 Å². The first kappa shape index (κ1) is 13.2. The fourth-order valence-electron chi connectivity index (χ4n) is 3.52. The summed E-state index contributed by atoms with van der Waals surface area (Å²) in [5.74, 6) is 1.27. The number of aliphatic carboxylic acids is 1. The van der Waals surface area contributed by atoms with Gasteiger partial charge in [-0.2, -0.15) is 11.8 Å². The topological polar surface area (TPSA) is 57.5 Å². The van der Waals surface area contributed by atoms with Gasteiger partial charge in [0, 0.05) is 5.75 Å². The van der Waals surface area contributed by atoms with Gasteiger partial charge >= 0.3 is 5.97 Å². The van der Waals surface area contributed by atoms with Crippen molar-refractivity contribution in [2.24, 2.45) is 11.3 Å². The third-order valence-corrected chi connectivity index (χ3v) is 5.78. The quantitative estimate of drug-likeness (QED) is 0.799. The molecule has 0 aromatic heterocycles. The van der Waals surface area contributed by atoms with E-state index >= 15 is 0 Å². The molecule has 0 bridgehead atoms.